The zero-order valence-electron chi connectivity index (χ0n) is 14.5. The predicted molar refractivity (Wildman–Crippen MR) is 109 cm³/mol. The Balaban J connectivity index is 1.27. The van der Waals surface area contributed by atoms with Crippen LogP contribution in [0.4, 0.5) is 17.1 Å². The van der Waals surface area contributed by atoms with E-state index in [1.165, 1.54) is 11.9 Å². The second kappa shape index (κ2) is 8.11. The Morgan fingerprint density at radius 2 is 1.93 bits per heavy atom. The number of benzene rings is 2. The molecule has 136 valence electrons. The summed E-state index contributed by atoms with van der Waals surface area (Å²) in [6.45, 7) is 0.694. The van der Waals surface area contributed by atoms with E-state index in [9.17, 15) is 4.79 Å². The van der Waals surface area contributed by atoms with Gasteiger partial charge in [0.2, 0.25) is 5.91 Å². The highest BCUT2D eigenvalue weighted by atomic mass is 32.2. The lowest BCUT2D eigenvalue weighted by molar-refractivity contribution is -0.115. The number of pyridine rings is 1. The number of hydrazine groups is 1. The van der Waals surface area contributed by atoms with E-state index in [-0.39, 0.29) is 5.91 Å². The van der Waals surface area contributed by atoms with Gasteiger partial charge in [-0.25, -0.2) is 5.43 Å². The van der Waals surface area contributed by atoms with E-state index < -0.39 is 0 Å². The predicted octanol–water partition coefficient (Wildman–Crippen LogP) is 3.81. The van der Waals surface area contributed by atoms with Crippen LogP contribution >= 0.6 is 11.9 Å². The van der Waals surface area contributed by atoms with Crippen LogP contribution in [0.2, 0.25) is 0 Å². The number of rotatable bonds is 7. The monoisotopic (exact) mass is 377 g/mol. The minimum atomic E-state index is 0.0559. The molecule has 0 fully saturated rings. The molecule has 27 heavy (non-hydrogen) atoms. The van der Waals surface area contributed by atoms with Gasteiger partial charge in [-0.2, -0.15) is 0 Å². The van der Waals surface area contributed by atoms with Crippen LogP contribution in [0.25, 0.3) is 0 Å². The summed E-state index contributed by atoms with van der Waals surface area (Å²) in [4.78, 5) is 16.6. The molecule has 0 radical (unpaired) electrons. The average molecular weight is 377 g/mol. The molecular formula is C20H19N5OS. The maximum atomic E-state index is 11.4. The molecule has 1 amide bonds. The molecule has 3 aromatic rings. The van der Waals surface area contributed by atoms with Crippen molar-refractivity contribution in [2.45, 2.75) is 17.9 Å². The molecule has 2 heterocycles. The molecule has 1 aliphatic rings. The molecule has 4 rings (SSSR count). The Hall–Kier alpha value is -3.03. The topological polar surface area (TPSA) is 78.1 Å². The van der Waals surface area contributed by atoms with Gasteiger partial charge in [0, 0.05) is 40.9 Å². The lowest BCUT2D eigenvalue weighted by atomic mass is 10.2. The number of aromatic nitrogens is 1. The number of carbonyl (C=O) groups excluding carboxylic acids is 1. The van der Waals surface area contributed by atoms with Crippen molar-refractivity contribution in [3.63, 3.8) is 0 Å². The maximum Gasteiger partial charge on any atom is 0.228 e. The highest BCUT2D eigenvalue weighted by Crippen LogP contribution is 2.29. The van der Waals surface area contributed by atoms with Crippen molar-refractivity contribution in [2.75, 3.05) is 15.5 Å². The van der Waals surface area contributed by atoms with Gasteiger partial charge >= 0.3 is 0 Å². The first-order valence-corrected chi connectivity index (χ1v) is 9.41. The van der Waals surface area contributed by atoms with E-state index >= 15 is 0 Å². The second-order valence-corrected chi connectivity index (χ2v) is 7.04. The average Bonchev–Trinajstić information content (AvgIpc) is 3.07. The lowest BCUT2D eigenvalue weighted by Crippen LogP contribution is -2.20. The molecule has 6 nitrogen and oxygen atoms in total. The van der Waals surface area contributed by atoms with Crippen molar-refractivity contribution in [3.8, 4) is 0 Å². The van der Waals surface area contributed by atoms with Gasteiger partial charge in [-0.15, -0.1) is 0 Å². The first kappa shape index (κ1) is 17.4. The summed E-state index contributed by atoms with van der Waals surface area (Å²) in [5, 5.41) is 2.85. The van der Waals surface area contributed by atoms with Gasteiger partial charge in [0.15, 0.2) is 0 Å². The third-order valence-electron chi connectivity index (χ3n) is 4.12. The summed E-state index contributed by atoms with van der Waals surface area (Å²) in [6, 6.07) is 18.0. The zero-order valence-corrected chi connectivity index (χ0v) is 15.3. The van der Waals surface area contributed by atoms with Crippen LogP contribution in [-0.2, 0) is 17.8 Å². The largest absolute Gasteiger partial charge is 0.326 e. The Labute approximate surface area is 161 Å². The third-order valence-corrected chi connectivity index (χ3v) is 4.95. The van der Waals surface area contributed by atoms with Gasteiger partial charge in [0.25, 0.3) is 0 Å². The van der Waals surface area contributed by atoms with Crippen molar-refractivity contribution in [1.82, 2.24) is 10.4 Å². The van der Waals surface area contributed by atoms with Crippen LogP contribution in [0.3, 0.4) is 0 Å². The Kier molecular flexibility index (Phi) is 5.22. The van der Waals surface area contributed by atoms with Gasteiger partial charge in [0.1, 0.15) is 0 Å². The second-order valence-electron chi connectivity index (χ2n) is 6.17. The smallest absolute Gasteiger partial charge is 0.228 e. The van der Waals surface area contributed by atoms with Crippen LogP contribution in [0.5, 0.6) is 0 Å². The summed E-state index contributed by atoms with van der Waals surface area (Å²) in [5.41, 5.74) is 11.4. The normalized spacial score (nSPS) is 12.4. The SMILES string of the molecule is O=C1Cc2cc(SNc3ccc(NNCc4cccnc4)cc3)ccc2N1. The first-order chi connectivity index (χ1) is 13.3. The van der Waals surface area contributed by atoms with Crippen LogP contribution in [0.15, 0.2) is 71.9 Å². The minimum Gasteiger partial charge on any atom is -0.326 e. The number of carbonyl (C=O) groups is 1. The number of fused-ring (bicyclic) bond motifs is 1. The van der Waals surface area contributed by atoms with Crippen LogP contribution in [0.1, 0.15) is 11.1 Å². The highest BCUT2D eigenvalue weighted by molar-refractivity contribution is 8.00. The van der Waals surface area contributed by atoms with Gasteiger partial charge in [-0.3, -0.25) is 9.78 Å². The maximum absolute atomic E-state index is 11.4. The zero-order chi connectivity index (χ0) is 18.5. The summed E-state index contributed by atoms with van der Waals surface area (Å²) in [5.74, 6) is 0.0559. The highest BCUT2D eigenvalue weighted by Gasteiger charge is 2.17. The van der Waals surface area contributed by atoms with Crippen molar-refractivity contribution in [1.29, 1.82) is 0 Å². The summed E-state index contributed by atoms with van der Waals surface area (Å²) in [6.07, 6.45) is 4.06. The molecule has 0 bridgehead atoms. The van der Waals surface area contributed by atoms with Gasteiger partial charge in [0.05, 0.1) is 6.42 Å². The van der Waals surface area contributed by atoms with Crippen LogP contribution in [0, 0.1) is 0 Å². The summed E-state index contributed by atoms with van der Waals surface area (Å²) in [7, 11) is 0. The molecule has 1 aromatic heterocycles. The quantitative estimate of drug-likeness (QED) is 0.370. The molecule has 7 heteroatoms. The fourth-order valence-corrected chi connectivity index (χ4v) is 3.47. The van der Waals surface area contributed by atoms with E-state index in [4.69, 9.17) is 0 Å². The van der Waals surface area contributed by atoms with Crippen molar-refractivity contribution < 1.29 is 4.79 Å². The molecule has 0 saturated carbocycles. The summed E-state index contributed by atoms with van der Waals surface area (Å²) < 4.78 is 3.33. The van der Waals surface area contributed by atoms with Gasteiger partial charge in [-0.1, -0.05) is 6.07 Å². The Morgan fingerprint density at radius 1 is 1.07 bits per heavy atom. The molecule has 0 aliphatic carbocycles. The number of nitrogens with zero attached hydrogens (tertiary/aromatic N) is 1. The molecule has 4 N–H and O–H groups in total. The molecule has 0 saturated heterocycles. The Morgan fingerprint density at radius 3 is 2.74 bits per heavy atom. The number of nitrogens with one attached hydrogen (secondary N) is 4. The first-order valence-electron chi connectivity index (χ1n) is 8.60. The molecule has 2 aromatic carbocycles. The van der Waals surface area contributed by atoms with Crippen LogP contribution < -0.4 is 20.9 Å². The van der Waals surface area contributed by atoms with Gasteiger partial charge < -0.3 is 15.5 Å². The van der Waals surface area contributed by atoms with E-state index in [2.05, 4.69) is 25.9 Å². The Bertz CT molecular complexity index is 931. The van der Waals surface area contributed by atoms with Crippen molar-refractivity contribution in [2.24, 2.45) is 0 Å². The van der Waals surface area contributed by atoms with E-state index in [0.29, 0.717) is 13.0 Å². The van der Waals surface area contributed by atoms with E-state index in [0.717, 1.165) is 33.1 Å². The third kappa shape index (κ3) is 4.58. The van der Waals surface area contributed by atoms with Gasteiger partial charge in [-0.05, 0) is 71.6 Å². The molecule has 1 aliphatic heterocycles. The minimum absolute atomic E-state index is 0.0559. The standard InChI is InChI=1S/C20H19N5OS/c26-20-11-15-10-18(7-8-19(15)23-20)27-25-17-5-3-16(4-6-17)24-22-13-14-2-1-9-21-12-14/h1-10,12,22,24-25H,11,13H2,(H,23,26). The number of hydrogen-bond acceptors (Lipinski definition) is 6. The molecule has 0 spiro atoms. The fourth-order valence-electron chi connectivity index (χ4n) is 2.76. The molecular weight excluding hydrogens is 358 g/mol. The lowest BCUT2D eigenvalue weighted by Gasteiger charge is -2.10. The van der Waals surface area contributed by atoms with Crippen molar-refractivity contribution in [3.05, 3.63) is 78.1 Å². The van der Waals surface area contributed by atoms with Crippen molar-refractivity contribution >= 4 is 34.9 Å². The molecule has 0 atom stereocenters. The van der Waals surface area contributed by atoms with E-state index in [1.54, 1.807) is 6.20 Å². The van der Waals surface area contributed by atoms with Crippen LogP contribution in [-0.4, -0.2) is 10.9 Å². The van der Waals surface area contributed by atoms with E-state index in [1.807, 2.05) is 60.8 Å². The number of anilines is 3. The number of amides is 1. The number of hydrogen-bond donors (Lipinski definition) is 4. The summed E-state index contributed by atoms with van der Waals surface area (Å²) >= 11 is 1.53. The fraction of sp³-hybridized carbons (Fsp3) is 0.100. The molecule has 0 unspecified atom stereocenters.